The van der Waals surface area contributed by atoms with Gasteiger partial charge in [-0.3, -0.25) is 4.79 Å². The predicted octanol–water partition coefficient (Wildman–Crippen LogP) is 2.15. The second-order valence-corrected chi connectivity index (χ2v) is 9.79. The van der Waals surface area contributed by atoms with E-state index < -0.39 is 10.0 Å². The van der Waals surface area contributed by atoms with Crippen LogP contribution in [0.5, 0.6) is 0 Å². The standard InChI is InChI=1S/C21H22N4O3S/c1-15-20(14-25(22-15)18-6-3-2-4-7-18)29(27,28)23-11-16-10-17(13-23)19-8-5-9-21(26)24(19)12-16/h2-9,14,16-17H,10-13H2,1H3. The van der Waals surface area contributed by atoms with Gasteiger partial charge in [0.2, 0.25) is 10.0 Å². The van der Waals surface area contributed by atoms with Gasteiger partial charge in [-0.1, -0.05) is 24.3 Å². The summed E-state index contributed by atoms with van der Waals surface area (Å²) >= 11 is 0. The highest BCUT2D eigenvalue weighted by atomic mass is 32.2. The van der Waals surface area contributed by atoms with Gasteiger partial charge in [0.25, 0.3) is 5.56 Å². The van der Waals surface area contributed by atoms with Gasteiger partial charge in [0.1, 0.15) is 4.90 Å². The summed E-state index contributed by atoms with van der Waals surface area (Å²) in [6.45, 7) is 3.11. The fourth-order valence-electron chi connectivity index (χ4n) is 4.60. The molecule has 2 aromatic heterocycles. The predicted molar refractivity (Wildman–Crippen MR) is 109 cm³/mol. The molecule has 1 aromatic carbocycles. The van der Waals surface area contributed by atoms with E-state index in [1.165, 1.54) is 0 Å². The van der Waals surface area contributed by atoms with Crippen LogP contribution in [0.25, 0.3) is 5.69 Å². The molecule has 29 heavy (non-hydrogen) atoms. The van der Waals surface area contributed by atoms with E-state index in [4.69, 9.17) is 0 Å². The molecule has 7 nitrogen and oxygen atoms in total. The number of aromatic nitrogens is 3. The third-order valence-electron chi connectivity index (χ3n) is 5.94. The maximum atomic E-state index is 13.5. The summed E-state index contributed by atoms with van der Waals surface area (Å²) in [4.78, 5) is 12.4. The van der Waals surface area contributed by atoms with Gasteiger partial charge in [0, 0.05) is 37.3 Å². The molecule has 2 aliphatic heterocycles. The molecular weight excluding hydrogens is 388 g/mol. The molecule has 1 fully saturated rings. The van der Waals surface area contributed by atoms with Crippen LogP contribution in [-0.2, 0) is 16.6 Å². The summed E-state index contributed by atoms with van der Waals surface area (Å²) in [5.41, 5.74) is 2.24. The fraction of sp³-hybridized carbons (Fsp3) is 0.333. The molecule has 5 rings (SSSR count). The van der Waals surface area contributed by atoms with Crippen LogP contribution < -0.4 is 5.56 Å². The summed E-state index contributed by atoms with van der Waals surface area (Å²) in [5.74, 6) is 0.177. The average Bonchev–Trinajstić information content (AvgIpc) is 3.12. The first-order chi connectivity index (χ1) is 13.9. The van der Waals surface area contributed by atoms with E-state index in [-0.39, 0.29) is 22.3 Å². The smallest absolute Gasteiger partial charge is 0.250 e. The van der Waals surface area contributed by atoms with Crippen LogP contribution in [0.15, 0.2) is 64.4 Å². The van der Waals surface area contributed by atoms with Gasteiger partial charge in [-0.05, 0) is 37.5 Å². The van der Waals surface area contributed by atoms with E-state index in [1.54, 1.807) is 34.2 Å². The molecule has 2 bridgehead atoms. The quantitative estimate of drug-likeness (QED) is 0.663. The van der Waals surface area contributed by atoms with E-state index in [0.29, 0.717) is 25.3 Å². The molecule has 0 amide bonds. The Morgan fingerprint density at radius 1 is 1.00 bits per heavy atom. The molecule has 2 unspecified atom stereocenters. The summed E-state index contributed by atoms with van der Waals surface area (Å²) in [6.07, 6.45) is 2.51. The van der Waals surface area contributed by atoms with Gasteiger partial charge in [-0.15, -0.1) is 0 Å². The van der Waals surface area contributed by atoms with Gasteiger partial charge < -0.3 is 4.57 Å². The molecule has 0 spiro atoms. The highest BCUT2D eigenvalue weighted by molar-refractivity contribution is 7.89. The molecular formula is C21H22N4O3S. The van der Waals surface area contributed by atoms with Gasteiger partial charge in [-0.25, -0.2) is 13.1 Å². The SMILES string of the molecule is Cc1nn(-c2ccccc2)cc1S(=O)(=O)N1CC2CC(C1)c1cccc(=O)n1C2. The number of fused-ring (bicyclic) bond motifs is 4. The fourth-order valence-corrected chi connectivity index (χ4v) is 6.31. The maximum absolute atomic E-state index is 13.5. The number of nitrogens with zero attached hydrogens (tertiary/aromatic N) is 4. The molecule has 3 aromatic rings. The number of hydrogen-bond donors (Lipinski definition) is 0. The van der Waals surface area contributed by atoms with Crippen molar-refractivity contribution in [3.63, 3.8) is 0 Å². The Morgan fingerprint density at radius 2 is 1.79 bits per heavy atom. The Hall–Kier alpha value is -2.71. The minimum Gasteiger partial charge on any atom is -0.312 e. The van der Waals surface area contributed by atoms with Crippen molar-refractivity contribution < 1.29 is 8.42 Å². The zero-order valence-corrected chi connectivity index (χ0v) is 16.9. The lowest BCUT2D eigenvalue weighted by Gasteiger charge is -2.41. The Kier molecular flexibility index (Phi) is 4.22. The molecule has 4 heterocycles. The van der Waals surface area contributed by atoms with Crippen molar-refractivity contribution in [3.05, 3.63) is 76.5 Å². The Morgan fingerprint density at radius 3 is 2.59 bits per heavy atom. The summed E-state index contributed by atoms with van der Waals surface area (Å²) in [5, 5.41) is 4.43. The molecule has 0 saturated carbocycles. The number of para-hydroxylation sites is 1. The first kappa shape index (κ1) is 18.3. The first-order valence-corrected chi connectivity index (χ1v) is 11.2. The van der Waals surface area contributed by atoms with Crippen LogP contribution in [0.4, 0.5) is 0 Å². The third-order valence-corrected chi connectivity index (χ3v) is 7.87. The molecule has 2 aliphatic rings. The van der Waals surface area contributed by atoms with Crippen molar-refractivity contribution in [2.24, 2.45) is 5.92 Å². The number of pyridine rings is 1. The van der Waals surface area contributed by atoms with Crippen LogP contribution in [0.3, 0.4) is 0 Å². The van der Waals surface area contributed by atoms with Crippen LogP contribution in [0, 0.1) is 12.8 Å². The van der Waals surface area contributed by atoms with Crippen LogP contribution in [-0.4, -0.2) is 40.2 Å². The summed E-state index contributed by atoms with van der Waals surface area (Å²) in [6, 6.07) is 14.8. The van der Waals surface area contributed by atoms with E-state index in [9.17, 15) is 13.2 Å². The maximum Gasteiger partial charge on any atom is 0.250 e. The lowest BCUT2D eigenvalue weighted by molar-refractivity contribution is 0.186. The van der Waals surface area contributed by atoms with E-state index in [0.717, 1.165) is 17.8 Å². The van der Waals surface area contributed by atoms with Crippen LogP contribution >= 0.6 is 0 Å². The van der Waals surface area contributed by atoms with Gasteiger partial charge in [0.15, 0.2) is 0 Å². The van der Waals surface area contributed by atoms with Gasteiger partial charge in [0.05, 0.1) is 17.6 Å². The topological polar surface area (TPSA) is 77.2 Å². The normalized spacial score (nSPS) is 21.7. The van der Waals surface area contributed by atoms with Crippen LogP contribution in [0.1, 0.15) is 23.7 Å². The number of rotatable bonds is 3. The summed E-state index contributed by atoms with van der Waals surface area (Å²) in [7, 11) is -3.67. The molecule has 150 valence electrons. The number of benzene rings is 1. The van der Waals surface area contributed by atoms with Crippen molar-refractivity contribution in [1.82, 2.24) is 18.7 Å². The molecule has 0 radical (unpaired) electrons. The minimum absolute atomic E-state index is 0.00603. The van der Waals surface area contributed by atoms with Gasteiger partial charge in [-0.2, -0.15) is 9.40 Å². The second kappa shape index (κ2) is 6.67. The van der Waals surface area contributed by atoms with Crippen molar-refractivity contribution >= 4 is 10.0 Å². The van der Waals surface area contributed by atoms with E-state index >= 15 is 0 Å². The molecule has 0 N–H and O–H groups in total. The zero-order valence-electron chi connectivity index (χ0n) is 16.1. The number of aryl methyl sites for hydroxylation is 1. The number of hydrogen-bond acceptors (Lipinski definition) is 4. The Bertz CT molecular complexity index is 1230. The monoisotopic (exact) mass is 410 g/mol. The largest absolute Gasteiger partial charge is 0.312 e. The lowest BCUT2D eigenvalue weighted by atomic mass is 9.84. The molecule has 2 atom stereocenters. The second-order valence-electron chi connectivity index (χ2n) is 7.88. The van der Waals surface area contributed by atoms with Crippen molar-refractivity contribution in [2.75, 3.05) is 13.1 Å². The van der Waals surface area contributed by atoms with Crippen molar-refractivity contribution in [2.45, 2.75) is 30.7 Å². The first-order valence-electron chi connectivity index (χ1n) is 9.75. The number of sulfonamides is 1. The number of piperidine rings is 1. The average molecular weight is 410 g/mol. The minimum atomic E-state index is -3.67. The third kappa shape index (κ3) is 3.03. The Labute approximate surface area is 169 Å². The Balaban J connectivity index is 1.49. The summed E-state index contributed by atoms with van der Waals surface area (Å²) < 4.78 is 31.9. The van der Waals surface area contributed by atoms with Crippen LogP contribution in [0.2, 0.25) is 0 Å². The van der Waals surface area contributed by atoms with Crippen molar-refractivity contribution in [3.8, 4) is 5.69 Å². The lowest BCUT2D eigenvalue weighted by Crippen LogP contribution is -2.49. The van der Waals surface area contributed by atoms with Crippen molar-refractivity contribution in [1.29, 1.82) is 0 Å². The van der Waals surface area contributed by atoms with E-state index in [2.05, 4.69) is 5.10 Å². The zero-order chi connectivity index (χ0) is 20.2. The highest BCUT2D eigenvalue weighted by Crippen LogP contribution is 2.37. The highest BCUT2D eigenvalue weighted by Gasteiger charge is 2.40. The molecule has 0 aliphatic carbocycles. The van der Waals surface area contributed by atoms with Gasteiger partial charge >= 0.3 is 0 Å². The molecule has 8 heteroatoms. The van der Waals surface area contributed by atoms with E-state index in [1.807, 2.05) is 41.0 Å². The molecule has 1 saturated heterocycles.